The van der Waals surface area contributed by atoms with Crippen LogP contribution in [0.25, 0.3) is 0 Å². The molecule has 0 heterocycles. The lowest BCUT2D eigenvalue weighted by Gasteiger charge is -2.19. The van der Waals surface area contributed by atoms with Crippen molar-refractivity contribution in [1.29, 1.82) is 0 Å². The third-order valence-corrected chi connectivity index (χ3v) is 3.70. The Morgan fingerprint density at radius 3 is 2.44 bits per heavy atom. The van der Waals surface area contributed by atoms with Gasteiger partial charge in [0.05, 0.1) is 21.1 Å². The Morgan fingerprint density at radius 2 is 1.93 bits per heavy atom. The number of ether oxygens (including phenoxy) is 2. The van der Waals surface area contributed by atoms with Gasteiger partial charge in [-0.15, -0.1) is 5.21 Å². The number of nitrogens with zero attached hydrogens (tertiary/aromatic N) is 2. The third-order valence-electron chi connectivity index (χ3n) is 3.41. The molecule has 11 heteroatoms. The molecule has 1 unspecified atom stereocenters. The molecular weight excluding hydrogens is 393 g/mol. The zero-order valence-electron chi connectivity index (χ0n) is 13.6. The van der Waals surface area contributed by atoms with Crippen molar-refractivity contribution in [3.05, 3.63) is 68.7 Å². The van der Waals surface area contributed by atoms with Crippen LogP contribution in [0.2, 0.25) is 5.02 Å². The van der Waals surface area contributed by atoms with Crippen molar-refractivity contribution in [2.45, 2.75) is 12.5 Å². The van der Waals surface area contributed by atoms with Crippen molar-refractivity contribution in [1.82, 2.24) is 0 Å². The Bertz CT molecular complexity index is 873. The first-order valence-electron chi connectivity index (χ1n) is 7.19. The lowest BCUT2D eigenvalue weighted by molar-refractivity contribution is -0.385. The highest BCUT2D eigenvalue weighted by atomic mass is 35.5. The number of hydrogen-bond donors (Lipinski definition) is 0. The monoisotopic (exact) mass is 403 g/mol. The summed E-state index contributed by atoms with van der Waals surface area (Å²) in [6, 6.07) is 7.55. The maximum Gasteiger partial charge on any atom is 0.416 e. The number of alkyl halides is 3. The molecule has 143 valence electrons. The number of hydrogen-bond acceptors (Lipinski definition) is 5. The molecule has 2 rings (SSSR count). The molecule has 0 saturated carbocycles. The van der Waals surface area contributed by atoms with Gasteiger partial charge in [-0.25, -0.2) is 0 Å². The van der Waals surface area contributed by atoms with Gasteiger partial charge in [0.1, 0.15) is 5.75 Å². The van der Waals surface area contributed by atoms with E-state index in [4.69, 9.17) is 21.1 Å². The maximum absolute atomic E-state index is 12.7. The first kappa shape index (κ1) is 20.5. The highest BCUT2D eigenvalue weighted by Crippen LogP contribution is 2.35. The summed E-state index contributed by atoms with van der Waals surface area (Å²) < 4.78 is 48.4. The van der Waals surface area contributed by atoms with Crippen molar-refractivity contribution < 1.29 is 32.8 Å². The van der Waals surface area contributed by atoms with E-state index in [9.17, 15) is 28.5 Å². The summed E-state index contributed by atoms with van der Waals surface area (Å²) in [4.78, 5) is 10.4. The van der Waals surface area contributed by atoms with Gasteiger partial charge in [0.25, 0.3) is 5.69 Å². The van der Waals surface area contributed by atoms with Crippen LogP contribution in [0.5, 0.6) is 5.75 Å². The standard InChI is InChI=1S/C16H11ClF3N2O5/c1-26-15(14(21-23)10-4-2-3-5-12(10)22(24)25)27-13-7-6-9(8-11(13)17)16(18,19)20/h2-8,15H,1H3. The van der Waals surface area contributed by atoms with E-state index in [1.54, 1.807) is 0 Å². The maximum atomic E-state index is 12.7. The predicted octanol–water partition coefficient (Wildman–Crippen LogP) is 4.45. The minimum atomic E-state index is -4.60. The van der Waals surface area contributed by atoms with Crippen molar-refractivity contribution in [3.63, 3.8) is 0 Å². The Labute approximate surface area is 155 Å². The molecule has 0 N–H and O–H groups in total. The van der Waals surface area contributed by atoms with Crippen LogP contribution in [-0.2, 0) is 16.1 Å². The molecule has 0 fully saturated rings. The fourth-order valence-electron chi connectivity index (χ4n) is 2.17. The largest absolute Gasteiger partial charge is 0.457 e. The molecule has 27 heavy (non-hydrogen) atoms. The quantitative estimate of drug-likeness (QED) is 0.308. The molecule has 1 radical (unpaired) electrons. The minimum absolute atomic E-state index is 0.160. The summed E-state index contributed by atoms with van der Waals surface area (Å²) in [5.41, 5.74) is -2.05. The van der Waals surface area contributed by atoms with Gasteiger partial charge in [-0.05, 0) is 29.4 Å². The second kappa shape index (κ2) is 8.23. The van der Waals surface area contributed by atoms with Crippen LogP contribution in [0.15, 0.2) is 47.6 Å². The van der Waals surface area contributed by atoms with E-state index < -0.39 is 34.4 Å². The summed E-state index contributed by atoms with van der Waals surface area (Å²) in [6.07, 6.45) is -6.15. The van der Waals surface area contributed by atoms with E-state index >= 15 is 0 Å². The smallest absolute Gasteiger partial charge is 0.416 e. The SMILES string of the molecule is COC(Oc1ccc(C(F)(F)F)cc1Cl)C(=N[O])c1ccccc1[N+](=O)[O-]. The van der Waals surface area contributed by atoms with Crippen LogP contribution in [0.4, 0.5) is 18.9 Å². The van der Waals surface area contributed by atoms with Gasteiger partial charge >= 0.3 is 6.18 Å². The van der Waals surface area contributed by atoms with E-state index in [-0.39, 0.29) is 16.3 Å². The molecule has 1 atom stereocenters. The minimum Gasteiger partial charge on any atom is -0.457 e. The summed E-state index contributed by atoms with van der Waals surface area (Å²) >= 11 is 5.81. The molecule has 0 aliphatic carbocycles. The topological polar surface area (TPSA) is 93.9 Å². The van der Waals surface area contributed by atoms with Crippen molar-refractivity contribution in [3.8, 4) is 5.75 Å². The van der Waals surface area contributed by atoms with Crippen molar-refractivity contribution in [2.24, 2.45) is 5.16 Å². The molecular formula is C16H11ClF3N2O5. The molecule has 0 aliphatic heterocycles. The number of methoxy groups -OCH3 is 1. The number of nitro groups is 1. The number of benzene rings is 2. The number of halogens is 4. The Morgan fingerprint density at radius 1 is 1.26 bits per heavy atom. The van der Waals surface area contributed by atoms with Crippen LogP contribution in [-0.4, -0.2) is 24.0 Å². The van der Waals surface area contributed by atoms with E-state index in [1.807, 2.05) is 0 Å². The predicted molar refractivity (Wildman–Crippen MR) is 88.2 cm³/mol. The second-order valence-corrected chi connectivity index (χ2v) is 5.49. The van der Waals surface area contributed by atoms with Gasteiger partial charge in [-0.1, -0.05) is 23.7 Å². The van der Waals surface area contributed by atoms with Gasteiger partial charge in [0, 0.05) is 13.2 Å². The molecule has 0 spiro atoms. The first-order chi connectivity index (χ1) is 12.7. The zero-order chi connectivity index (χ0) is 20.2. The Hall–Kier alpha value is -2.85. The van der Waals surface area contributed by atoms with Gasteiger partial charge < -0.3 is 9.47 Å². The molecule has 0 saturated heterocycles. The molecule has 0 amide bonds. The Balaban J connectivity index is 2.38. The van der Waals surface area contributed by atoms with Gasteiger partial charge in [0.15, 0.2) is 5.71 Å². The van der Waals surface area contributed by atoms with Crippen LogP contribution in [0, 0.1) is 10.1 Å². The van der Waals surface area contributed by atoms with Crippen LogP contribution >= 0.6 is 11.6 Å². The fraction of sp³-hybridized carbons (Fsp3) is 0.188. The summed E-state index contributed by atoms with van der Waals surface area (Å²) in [6.45, 7) is 0. The van der Waals surface area contributed by atoms with E-state index in [0.29, 0.717) is 6.07 Å². The molecule has 0 bridgehead atoms. The lowest BCUT2D eigenvalue weighted by atomic mass is 10.1. The van der Waals surface area contributed by atoms with E-state index in [0.717, 1.165) is 25.3 Å². The summed E-state index contributed by atoms with van der Waals surface area (Å²) in [5, 5.41) is 24.8. The summed E-state index contributed by atoms with van der Waals surface area (Å²) in [7, 11) is 1.13. The van der Waals surface area contributed by atoms with Crippen LogP contribution < -0.4 is 4.74 Å². The summed E-state index contributed by atoms with van der Waals surface area (Å²) in [5.74, 6) is -0.226. The van der Waals surface area contributed by atoms with Crippen molar-refractivity contribution in [2.75, 3.05) is 7.11 Å². The highest BCUT2D eigenvalue weighted by molar-refractivity contribution is 6.32. The first-order valence-corrected chi connectivity index (χ1v) is 7.57. The number of para-hydroxylation sites is 1. The fourth-order valence-corrected chi connectivity index (χ4v) is 2.40. The van der Waals surface area contributed by atoms with Gasteiger partial charge in [0.2, 0.25) is 6.29 Å². The molecule has 0 aromatic heterocycles. The average molecular weight is 404 g/mol. The third kappa shape index (κ3) is 4.66. The van der Waals surface area contributed by atoms with Crippen LogP contribution in [0.1, 0.15) is 11.1 Å². The van der Waals surface area contributed by atoms with Crippen molar-refractivity contribution >= 4 is 23.0 Å². The highest BCUT2D eigenvalue weighted by Gasteiger charge is 2.32. The average Bonchev–Trinajstić information content (AvgIpc) is 2.62. The zero-order valence-corrected chi connectivity index (χ0v) is 14.3. The normalized spacial score (nSPS) is 13.3. The number of nitro benzene ring substituents is 1. The van der Waals surface area contributed by atoms with Gasteiger partial charge in [-0.2, -0.15) is 13.2 Å². The molecule has 7 nitrogen and oxygen atoms in total. The molecule has 2 aromatic rings. The van der Waals surface area contributed by atoms with Gasteiger partial charge in [-0.3, -0.25) is 10.1 Å². The number of rotatable bonds is 6. The lowest BCUT2D eigenvalue weighted by Crippen LogP contribution is -2.31. The van der Waals surface area contributed by atoms with Crippen LogP contribution in [0.3, 0.4) is 0 Å². The van der Waals surface area contributed by atoms with E-state index in [1.165, 1.54) is 18.2 Å². The Kier molecular flexibility index (Phi) is 6.24. The molecule has 2 aromatic carbocycles. The van der Waals surface area contributed by atoms with E-state index in [2.05, 4.69) is 5.16 Å². The second-order valence-electron chi connectivity index (χ2n) is 5.08. The molecule has 0 aliphatic rings.